The number of hydrogen-bond donors (Lipinski definition) is 1. The van der Waals surface area contributed by atoms with Crippen LogP contribution in [0.15, 0.2) is 24.3 Å². The highest BCUT2D eigenvalue weighted by Crippen LogP contribution is 2.22. The highest BCUT2D eigenvalue weighted by atomic mass is 16.5. The summed E-state index contributed by atoms with van der Waals surface area (Å²) in [4.78, 5) is 0. The van der Waals surface area contributed by atoms with E-state index in [1.807, 2.05) is 12.1 Å². The van der Waals surface area contributed by atoms with Gasteiger partial charge in [-0.2, -0.15) is 0 Å². The van der Waals surface area contributed by atoms with Gasteiger partial charge in [0.15, 0.2) is 0 Å². The standard InChI is InChI=1S/C11H17NO/c1-9-5-3-4-6-10(9)11(13-2)7-8-12/h3-6,11H,7-8,12H2,1-2H3. The van der Waals surface area contributed by atoms with Gasteiger partial charge in [-0.25, -0.2) is 0 Å². The first-order valence-electron chi connectivity index (χ1n) is 4.58. The lowest BCUT2D eigenvalue weighted by molar-refractivity contribution is 0.0973. The molecule has 2 N–H and O–H groups in total. The van der Waals surface area contributed by atoms with Crippen molar-refractivity contribution in [2.24, 2.45) is 5.73 Å². The maximum absolute atomic E-state index is 5.51. The largest absolute Gasteiger partial charge is 0.377 e. The quantitative estimate of drug-likeness (QED) is 0.767. The molecule has 0 amide bonds. The molecule has 1 unspecified atom stereocenters. The molecule has 2 heteroatoms. The predicted octanol–water partition coefficient (Wildman–Crippen LogP) is 2.03. The van der Waals surface area contributed by atoms with E-state index in [1.165, 1.54) is 11.1 Å². The molecule has 2 nitrogen and oxygen atoms in total. The second-order valence-corrected chi connectivity index (χ2v) is 3.16. The highest BCUT2D eigenvalue weighted by molar-refractivity contribution is 5.27. The Morgan fingerprint density at radius 3 is 2.62 bits per heavy atom. The van der Waals surface area contributed by atoms with Crippen molar-refractivity contribution in [3.8, 4) is 0 Å². The average Bonchev–Trinajstić information content (AvgIpc) is 2.16. The van der Waals surface area contributed by atoms with Crippen LogP contribution in [0, 0.1) is 6.92 Å². The van der Waals surface area contributed by atoms with E-state index in [9.17, 15) is 0 Å². The van der Waals surface area contributed by atoms with E-state index in [-0.39, 0.29) is 6.10 Å². The Morgan fingerprint density at radius 2 is 2.08 bits per heavy atom. The van der Waals surface area contributed by atoms with Gasteiger partial charge >= 0.3 is 0 Å². The van der Waals surface area contributed by atoms with Crippen molar-refractivity contribution in [2.45, 2.75) is 19.4 Å². The summed E-state index contributed by atoms with van der Waals surface area (Å²) in [6, 6.07) is 8.26. The topological polar surface area (TPSA) is 35.2 Å². The first-order chi connectivity index (χ1) is 6.29. The van der Waals surface area contributed by atoms with Crippen molar-refractivity contribution in [1.82, 2.24) is 0 Å². The number of ether oxygens (including phenoxy) is 1. The minimum Gasteiger partial charge on any atom is -0.377 e. The molecule has 0 aliphatic carbocycles. The van der Waals surface area contributed by atoms with Crippen LogP contribution < -0.4 is 5.73 Å². The van der Waals surface area contributed by atoms with Gasteiger partial charge in [0.2, 0.25) is 0 Å². The second kappa shape index (κ2) is 5.00. The summed E-state index contributed by atoms with van der Waals surface area (Å²) in [5, 5.41) is 0. The van der Waals surface area contributed by atoms with Crippen molar-refractivity contribution in [3.05, 3.63) is 35.4 Å². The smallest absolute Gasteiger partial charge is 0.0835 e. The van der Waals surface area contributed by atoms with E-state index >= 15 is 0 Å². The Bertz CT molecular complexity index is 260. The number of hydrogen-bond acceptors (Lipinski definition) is 2. The highest BCUT2D eigenvalue weighted by Gasteiger charge is 2.10. The molecule has 0 aromatic heterocycles. The Balaban J connectivity index is 2.84. The van der Waals surface area contributed by atoms with Crippen molar-refractivity contribution < 1.29 is 4.74 Å². The molecule has 13 heavy (non-hydrogen) atoms. The Morgan fingerprint density at radius 1 is 1.38 bits per heavy atom. The van der Waals surface area contributed by atoms with E-state index in [0.29, 0.717) is 6.54 Å². The minimum atomic E-state index is 0.145. The van der Waals surface area contributed by atoms with Crippen molar-refractivity contribution >= 4 is 0 Å². The molecule has 0 bridgehead atoms. The first kappa shape index (κ1) is 10.2. The molecule has 0 heterocycles. The SMILES string of the molecule is COC(CCN)c1ccccc1C. The summed E-state index contributed by atoms with van der Waals surface area (Å²) in [5.74, 6) is 0. The summed E-state index contributed by atoms with van der Waals surface area (Å²) >= 11 is 0. The van der Waals surface area contributed by atoms with Gasteiger partial charge in [0.25, 0.3) is 0 Å². The average molecular weight is 179 g/mol. The third kappa shape index (κ3) is 2.54. The van der Waals surface area contributed by atoms with Gasteiger partial charge in [0.05, 0.1) is 6.10 Å². The molecule has 1 atom stereocenters. The first-order valence-corrected chi connectivity index (χ1v) is 4.58. The van der Waals surface area contributed by atoms with Crippen LogP contribution >= 0.6 is 0 Å². The molecular formula is C11H17NO. The van der Waals surface area contributed by atoms with E-state index in [0.717, 1.165) is 6.42 Å². The van der Waals surface area contributed by atoms with E-state index in [2.05, 4.69) is 19.1 Å². The van der Waals surface area contributed by atoms with E-state index < -0.39 is 0 Å². The van der Waals surface area contributed by atoms with Crippen LogP contribution in [0.5, 0.6) is 0 Å². The lowest BCUT2D eigenvalue weighted by atomic mass is 10.0. The van der Waals surface area contributed by atoms with Gasteiger partial charge in [-0.1, -0.05) is 24.3 Å². The minimum absolute atomic E-state index is 0.145. The zero-order valence-corrected chi connectivity index (χ0v) is 8.29. The summed E-state index contributed by atoms with van der Waals surface area (Å²) in [6.07, 6.45) is 1.02. The third-order valence-electron chi connectivity index (χ3n) is 2.25. The molecule has 0 aliphatic rings. The third-order valence-corrected chi connectivity index (χ3v) is 2.25. The fourth-order valence-corrected chi connectivity index (χ4v) is 1.50. The molecular weight excluding hydrogens is 162 g/mol. The molecule has 1 aromatic carbocycles. The Hall–Kier alpha value is -0.860. The Labute approximate surface area is 79.7 Å². The van der Waals surface area contributed by atoms with Crippen LogP contribution in [-0.4, -0.2) is 13.7 Å². The fraction of sp³-hybridized carbons (Fsp3) is 0.455. The summed E-state index contributed by atoms with van der Waals surface area (Å²) < 4.78 is 5.38. The maximum Gasteiger partial charge on any atom is 0.0835 e. The van der Waals surface area contributed by atoms with Gasteiger partial charge in [0, 0.05) is 7.11 Å². The van der Waals surface area contributed by atoms with Crippen LogP contribution in [0.4, 0.5) is 0 Å². The summed E-state index contributed by atoms with van der Waals surface area (Å²) in [5.41, 5.74) is 8.02. The van der Waals surface area contributed by atoms with Gasteiger partial charge in [-0.05, 0) is 31.0 Å². The van der Waals surface area contributed by atoms with Crippen LogP contribution in [0.1, 0.15) is 23.7 Å². The van der Waals surface area contributed by atoms with Crippen molar-refractivity contribution in [2.75, 3.05) is 13.7 Å². The number of rotatable bonds is 4. The van der Waals surface area contributed by atoms with E-state index in [4.69, 9.17) is 10.5 Å². The molecule has 1 rings (SSSR count). The number of nitrogens with two attached hydrogens (primary N) is 1. The van der Waals surface area contributed by atoms with Crippen LogP contribution in [0.3, 0.4) is 0 Å². The monoisotopic (exact) mass is 179 g/mol. The lowest BCUT2D eigenvalue weighted by Crippen LogP contribution is -2.10. The molecule has 72 valence electrons. The summed E-state index contributed by atoms with van der Waals surface area (Å²) in [6.45, 7) is 2.75. The molecule has 1 aromatic rings. The molecule has 0 fully saturated rings. The van der Waals surface area contributed by atoms with Crippen LogP contribution in [0.25, 0.3) is 0 Å². The van der Waals surface area contributed by atoms with E-state index in [1.54, 1.807) is 7.11 Å². The molecule has 0 spiro atoms. The number of aryl methyl sites for hydroxylation is 1. The van der Waals surface area contributed by atoms with Crippen molar-refractivity contribution in [1.29, 1.82) is 0 Å². The fourth-order valence-electron chi connectivity index (χ4n) is 1.50. The van der Waals surface area contributed by atoms with Crippen LogP contribution in [-0.2, 0) is 4.74 Å². The summed E-state index contributed by atoms with van der Waals surface area (Å²) in [7, 11) is 1.73. The second-order valence-electron chi connectivity index (χ2n) is 3.16. The predicted molar refractivity (Wildman–Crippen MR) is 54.6 cm³/mol. The molecule has 0 saturated carbocycles. The van der Waals surface area contributed by atoms with Gasteiger partial charge in [-0.3, -0.25) is 0 Å². The molecule has 0 saturated heterocycles. The lowest BCUT2D eigenvalue weighted by Gasteiger charge is -2.16. The number of benzene rings is 1. The van der Waals surface area contributed by atoms with Crippen LogP contribution in [0.2, 0.25) is 0 Å². The zero-order chi connectivity index (χ0) is 9.68. The van der Waals surface area contributed by atoms with Gasteiger partial charge in [-0.15, -0.1) is 0 Å². The van der Waals surface area contributed by atoms with Crippen molar-refractivity contribution in [3.63, 3.8) is 0 Å². The zero-order valence-electron chi connectivity index (χ0n) is 8.29. The Kier molecular flexibility index (Phi) is 3.93. The molecule has 0 radical (unpaired) electrons. The van der Waals surface area contributed by atoms with Gasteiger partial charge in [0.1, 0.15) is 0 Å². The number of methoxy groups -OCH3 is 1. The van der Waals surface area contributed by atoms with Gasteiger partial charge < -0.3 is 10.5 Å². The molecule has 0 aliphatic heterocycles. The maximum atomic E-state index is 5.51. The normalized spacial score (nSPS) is 12.8.